The van der Waals surface area contributed by atoms with Crippen molar-refractivity contribution in [1.29, 1.82) is 0 Å². The monoisotopic (exact) mass is 268 g/mol. The van der Waals surface area contributed by atoms with Crippen LogP contribution in [0.25, 0.3) is 0 Å². The molecule has 0 fully saturated rings. The maximum Gasteiger partial charge on any atom is 0.255 e. The number of nitrogens with one attached hydrogen (secondary N) is 1. The minimum absolute atomic E-state index is 0.159. The third-order valence-corrected chi connectivity index (χ3v) is 2.23. The lowest BCUT2D eigenvalue weighted by molar-refractivity contribution is 0.102. The molecule has 2 heterocycles. The first-order valence-electron chi connectivity index (χ1n) is 4.54. The number of halogens is 2. The Bertz CT molecular complexity index is 527. The van der Waals surface area contributed by atoms with Gasteiger partial charge in [0.25, 0.3) is 5.91 Å². The number of aromatic nitrogens is 3. The average molecular weight is 269 g/mol. The fourth-order valence-electron chi connectivity index (χ4n) is 1.16. The van der Waals surface area contributed by atoms with Crippen molar-refractivity contribution in [1.82, 2.24) is 15.0 Å². The highest BCUT2D eigenvalue weighted by atomic mass is 35.5. The Balaban J connectivity index is 2.20. The van der Waals surface area contributed by atoms with E-state index in [1.54, 1.807) is 0 Å². The summed E-state index contributed by atoms with van der Waals surface area (Å²) in [5, 5.41) is 2.92. The largest absolute Gasteiger partial charge is 0.319 e. The predicted octanol–water partition coefficient (Wildman–Crippen LogP) is 2.43. The van der Waals surface area contributed by atoms with Crippen molar-refractivity contribution in [2.45, 2.75) is 0 Å². The van der Waals surface area contributed by atoms with Crippen LogP contribution in [0.3, 0.4) is 0 Å². The summed E-state index contributed by atoms with van der Waals surface area (Å²) in [7, 11) is 0. The van der Waals surface area contributed by atoms with Crippen LogP contribution in [-0.4, -0.2) is 20.9 Å². The Morgan fingerprint density at radius 1 is 1.12 bits per heavy atom. The molecule has 0 radical (unpaired) electrons. The predicted molar refractivity (Wildman–Crippen MR) is 64.2 cm³/mol. The quantitative estimate of drug-likeness (QED) is 0.850. The van der Waals surface area contributed by atoms with Gasteiger partial charge in [-0.1, -0.05) is 23.2 Å². The van der Waals surface area contributed by atoms with E-state index < -0.39 is 0 Å². The number of nitrogens with zero attached hydrogens (tertiary/aromatic N) is 3. The van der Waals surface area contributed by atoms with Crippen molar-refractivity contribution in [2.24, 2.45) is 0 Å². The highest BCUT2D eigenvalue weighted by molar-refractivity contribution is 6.33. The average Bonchev–Trinajstić information content (AvgIpc) is 2.29. The summed E-state index contributed by atoms with van der Waals surface area (Å²) in [6.45, 7) is 0. The first-order chi connectivity index (χ1) is 8.15. The van der Waals surface area contributed by atoms with Crippen LogP contribution in [0.2, 0.25) is 10.3 Å². The number of amides is 1. The molecule has 0 bridgehead atoms. The van der Waals surface area contributed by atoms with E-state index in [-0.39, 0.29) is 16.2 Å². The Hall–Kier alpha value is -1.72. The molecule has 0 saturated heterocycles. The van der Waals surface area contributed by atoms with Crippen molar-refractivity contribution in [2.75, 3.05) is 5.32 Å². The zero-order valence-electron chi connectivity index (χ0n) is 8.39. The summed E-state index contributed by atoms with van der Waals surface area (Å²) in [6.07, 6.45) is 4.33. The van der Waals surface area contributed by atoms with Crippen LogP contribution < -0.4 is 5.32 Å². The third-order valence-electron chi connectivity index (χ3n) is 1.84. The van der Waals surface area contributed by atoms with Gasteiger partial charge in [0.05, 0.1) is 18.1 Å². The van der Waals surface area contributed by atoms with Gasteiger partial charge in [0, 0.05) is 5.56 Å². The molecule has 0 aliphatic carbocycles. The van der Waals surface area contributed by atoms with E-state index in [1.807, 2.05) is 0 Å². The van der Waals surface area contributed by atoms with Crippen LogP contribution in [0.1, 0.15) is 10.4 Å². The molecule has 0 spiro atoms. The highest BCUT2D eigenvalue weighted by Gasteiger charge is 2.09. The third kappa shape index (κ3) is 3.12. The van der Waals surface area contributed by atoms with E-state index in [2.05, 4.69) is 20.3 Å². The molecule has 17 heavy (non-hydrogen) atoms. The van der Waals surface area contributed by atoms with Crippen LogP contribution in [0.4, 0.5) is 5.69 Å². The molecule has 0 aromatic carbocycles. The lowest BCUT2D eigenvalue weighted by Gasteiger charge is -2.04. The molecule has 2 aromatic heterocycles. The van der Waals surface area contributed by atoms with E-state index >= 15 is 0 Å². The fraction of sp³-hybridized carbons (Fsp3) is 0. The zero-order chi connectivity index (χ0) is 12.3. The summed E-state index contributed by atoms with van der Waals surface area (Å²) in [5.74, 6) is -0.356. The molecule has 0 atom stereocenters. The topological polar surface area (TPSA) is 67.8 Å². The van der Waals surface area contributed by atoms with Crippen molar-refractivity contribution in [3.63, 3.8) is 0 Å². The van der Waals surface area contributed by atoms with Gasteiger partial charge >= 0.3 is 0 Å². The van der Waals surface area contributed by atoms with Crippen molar-refractivity contribution < 1.29 is 4.79 Å². The molecule has 1 amide bonds. The number of carbonyl (C=O) groups is 1. The second-order valence-electron chi connectivity index (χ2n) is 3.08. The van der Waals surface area contributed by atoms with E-state index in [9.17, 15) is 4.79 Å². The van der Waals surface area contributed by atoms with Crippen LogP contribution in [0.5, 0.6) is 0 Å². The Kier molecular flexibility index (Phi) is 3.51. The highest BCUT2D eigenvalue weighted by Crippen LogP contribution is 2.15. The van der Waals surface area contributed by atoms with Gasteiger partial charge in [0.1, 0.15) is 16.6 Å². The molecule has 0 aliphatic rings. The molecule has 5 nitrogen and oxygen atoms in total. The summed E-state index contributed by atoms with van der Waals surface area (Å²) in [4.78, 5) is 23.1. The number of rotatable bonds is 2. The number of pyridine rings is 1. The summed E-state index contributed by atoms with van der Waals surface area (Å²) < 4.78 is 0. The van der Waals surface area contributed by atoms with Crippen molar-refractivity contribution in [3.05, 3.63) is 46.7 Å². The van der Waals surface area contributed by atoms with Gasteiger partial charge in [-0.05, 0) is 12.1 Å². The van der Waals surface area contributed by atoms with Gasteiger partial charge in [-0.2, -0.15) is 0 Å². The molecular formula is C10H6Cl2N4O. The molecule has 2 aromatic rings. The second-order valence-corrected chi connectivity index (χ2v) is 3.86. The lowest BCUT2D eigenvalue weighted by atomic mass is 10.2. The fourth-order valence-corrected chi connectivity index (χ4v) is 1.62. The molecule has 7 heteroatoms. The molecule has 0 saturated carbocycles. The molecule has 0 aliphatic heterocycles. The van der Waals surface area contributed by atoms with Gasteiger partial charge in [-0.15, -0.1) is 0 Å². The number of anilines is 1. The van der Waals surface area contributed by atoms with Crippen LogP contribution >= 0.6 is 23.2 Å². The van der Waals surface area contributed by atoms with Gasteiger partial charge in [-0.3, -0.25) is 4.79 Å². The Morgan fingerprint density at radius 3 is 2.29 bits per heavy atom. The zero-order valence-corrected chi connectivity index (χ0v) is 9.90. The Morgan fingerprint density at radius 2 is 1.71 bits per heavy atom. The van der Waals surface area contributed by atoms with Crippen LogP contribution in [0, 0.1) is 0 Å². The maximum absolute atomic E-state index is 11.8. The summed E-state index contributed by atoms with van der Waals surface area (Å²) in [5.41, 5.74) is 0.806. The van der Waals surface area contributed by atoms with Crippen molar-refractivity contribution in [3.8, 4) is 0 Å². The smallest absolute Gasteiger partial charge is 0.255 e. The van der Waals surface area contributed by atoms with Gasteiger partial charge in [-0.25, -0.2) is 15.0 Å². The minimum atomic E-state index is -0.356. The molecule has 1 N–H and O–H groups in total. The molecule has 2 rings (SSSR count). The summed E-state index contributed by atoms with van der Waals surface area (Å²) in [6, 6.07) is 2.85. The van der Waals surface area contributed by atoms with Gasteiger partial charge in [0.15, 0.2) is 0 Å². The summed E-state index contributed by atoms with van der Waals surface area (Å²) >= 11 is 11.4. The van der Waals surface area contributed by atoms with Crippen molar-refractivity contribution >= 4 is 34.8 Å². The van der Waals surface area contributed by atoms with Crippen LogP contribution in [-0.2, 0) is 0 Å². The number of hydrogen-bond donors (Lipinski definition) is 1. The first kappa shape index (κ1) is 11.8. The Labute approximate surface area is 107 Å². The van der Waals surface area contributed by atoms with Gasteiger partial charge in [0.2, 0.25) is 0 Å². The minimum Gasteiger partial charge on any atom is -0.319 e. The van der Waals surface area contributed by atoms with Crippen LogP contribution in [0.15, 0.2) is 30.9 Å². The maximum atomic E-state index is 11.8. The molecular weight excluding hydrogens is 263 g/mol. The SMILES string of the molecule is O=C(Nc1cncnc1)c1cc(Cl)nc(Cl)c1. The van der Waals surface area contributed by atoms with E-state index in [0.717, 1.165) is 0 Å². The molecule has 0 unspecified atom stereocenters. The first-order valence-corrected chi connectivity index (χ1v) is 5.30. The van der Waals surface area contributed by atoms with E-state index in [1.165, 1.54) is 30.9 Å². The number of carbonyl (C=O) groups excluding carboxylic acids is 1. The number of hydrogen-bond acceptors (Lipinski definition) is 4. The van der Waals surface area contributed by atoms with E-state index in [4.69, 9.17) is 23.2 Å². The van der Waals surface area contributed by atoms with Gasteiger partial charge < -0.3 is 5.32 Å². The second kappa shape index (κ2) is 5.07. The normalized spacial score (nSPS) is 10.0. The lowest BCUT2D eigenvalue weighted by Crippen LogP contribution is -2.12. The standard InChI is InChI=1S/C10H6Cl2N4O/c11-8-1-6(2-9(12)16-8)10(17)15-7-3-13-5-14-4-7/h1-5H,(H,15,17). The molecule has 86 valence electrons. The van der Waals surface area contributed by atoms with E-state index in [0.29, 0.717) is 11.3 Å².